The third-order valence-electron chi connectivity index (χ3n) is 3.04. The van der Waals surface area contributed by atoms with Gasteiger partial charge in [-0.2, -0.15) is 0 Å². The van der Waals surface area contributed by atoms with Crippen LogP contribution in [0.25, 0.3) is 0 Å². The molecule has 2 aromatic rings. The zero-order valence-corrected chi connectivity index (χ0v) is 12.1. The van der Waals surface area contributed by atoms with Gasteiger partial charge in [-0.1, -0.05) is 18.2 Å². The highest BCUT2D eigenvalue weighted by Gasteiger charge is 2.10. The Hall–Kier alpha value is -1.39. The normalized spacial score (nSPS) is 12.4. The molecule has 2 aromatic carbocycles. The minimum Gasteiger partial charge on any atom is -0.327 e. The molecule has 0 heterocycles. The SMILES string of the molecule is Cc1ccccc1SCC(N)Cc1cc(F)ccc1F. The van der Waals surface area contributed by atoms with Crippen LogP contribution in [0.1, 0.15) is 11.1 Å². The zero-order chi connectivity index (χ0) is 14.5. The van der Waals surface area contributed by atoms with Crippen LogP contribution in [0.2, 0.25) is 0 Å². The lowest BCUT2D eigenvalue weighted by molar-refractivity contribution is 0.576. The van der Waals surface area contributed by atoms with Crippen molar-refractivity contribution in [1.82, 2.24) is 0 Å². The third kappa shape index (κ3) is 4.05. The first kappa shape index (κ1) is 15.0. The highest BCUT2D eigenvalue weighted by atomic mass is 32.2. The molecule has 4 heteroatoms. The Morgan fingerprint density at radius 3 is 2.65 bits per heavy atom. The number of thioether (sulfide) groups is 1. The molecule has 0 saturated heterocycles. The van der Waals surface area contributed by atoms with Gasteiger partial charge in [0.2, 0.25) is 0 Å². The molecule has 20 heavy (non-hydrogen) atoms. The van der Waals surface area contributed by atoms with E-state index in [4.69, 9.17) is 5.73 Å². The molecule has 0 fully saturated rings. The molecule has 0 aromatic heterocycles. The van der Waals surface area contributed by atoms with Crippen molar-refractivity contribution < 1.29 is 8.78 Å². The maximum Gasteiger partial charge on any atom is 0.126 e. The lowest BCUT2D eigenvalue weighted by Crippen LogP contribution is -2.26. The van der Waals surface area contributed by atoms with Crippen LogP contribution in [0.15, 0.2) is 47.4 Å². The van der Waals surface area contributed by atoms with E-state index in [0.717, 1.165) is 12.1 Å². The summed E-state index contributed by atoms with van der Waals surface area (Å²) in [5, 5.41) is 0. The van der Waals surface area contributed by atoms with Crippen molar-refractivity contribution in [2.24, 2.45) is 5.73 Å². The second kappa shape index (κ2) is 6.86. The quantitative estimate of drug-likeness (QED) is 0.845. The Morgan fingerprint density at radius 2 is 1.90 bits per heavy atom. The average Bonchev–Trinajstić information content (AvgIpc) is 2.42. The van der Waals surface area contributed by atoms with Crippen LogP contribution >= 0.6 is 11.8 Å². The smallest absolute Gasteiger partial charge is 0.126 e. The van der Waals surface area contributed by atoms with Crippen molar-refractivity contribution in [3.8, 4) is 0 Å². The van der Waals surface area contributed by atoms with Gasteiger partial charge in [-0.15, -0.1) is 11.8 Å². The topological polar surface area (TPSA) is 26.0 Å². The van der Waals surface area contributed by atoms with E-state index in [0.29, 0.717) is 17.7 Å². The molecular weight excluding hydrogens is 276 g/mol. The lowest BCUT2D eigenvalue weighted by atomic mass is 10.1. The second-order valence-corrected chi connectivity index (χ2v) is 5.84. The van der Waals surface area contributed by atoms with E-state index in [-0.39, 0.29) is 6.04 Å². The summed E-state index contributed by atoms with van der Waals surface area (Å²) in [4.78, 5) is 1.17. The molecule has 0 aliphatic heterocycles. The van der Waals surface area contributed by atoms with Crippen LogP contribution in [0, 0.1) is 18.6 Å². The number of benzene rings is 2. The molecular formula is C16H17F2NS. The van der Waals surface area contributed by atoms with Gasteiger partial charge in [0, 0.05) is 16.7 Å². The monoisotopic (exact) mass is 293 g/mol. The minimum atomic E-state index is -0.430. The van der Waals surface area contributed by atoms with Crippen LogP contribution in [0.5, 0.6) is 0 Å². The van der Waals surface area contributed by atoms with Crippen LogP contribution in [0.3, 0.4) is 0 Å². The molecule has 0 aliphatic carbocycles. The van der Waals surface area contributed by atoms with Crippen molar-refractivity contribution in [2.75, 3.05) is 5.75 Å². The number of aryl methyl sites for hydroxylation is 1. The van der Waals surface area contributed by atoms with Crippen LogP contribution in [0.4, 0.5) is 8.78 Å². The Bertz CT molecular complexity index is 586. The summed E-state index contributed by atoms with van der Waals surface area (Å²) in [5.41, 5.74) is 7.54. The predicted molar refractivity (Wildman–Crippen MR) is 79.9 cm³/mol. The summed E-state index contributed by atoms with van der Waals surface area (Å²) in [6.07, 6.45) is 0.336. The van der Waals surface area contributed by atoms with Crippen molar-refractivity contribution in [3.63, 3.8) is 0 Å². The number of nitrogens with two attached hydrogens (primary N) is 1. The van der Waals surface area contributed by atoms with Gasteiger partial charge in [-0.05, 0) is 48.7 Å². The van der Waals surface area contributed by atoms with Crippen LogP contribution in [-0.2, 0) is 6.42 Å². The van der Waals surface area contributed by atoms with E-state index >= 15 is 0 Å². The van der Waals surface area contributed by atoms with Crippen LogP contribution < -0.4 is 5.73 Å². The van der Waals surface area contributed by atoms with Gasteiger partial charge in [0.15, 0.2) is 0 Å². The molecule has 1 unspecified atom stereocenters. The number of hydrogen-bond donors (Lipinski definition) is 1. The van der Waals surface area contributed by atoms with Gasteiger partial charge in [-0.25, -0.2) is 8.78 Å². The summed E-state index contributed by atoms with van der Waals surface area (Å²) in [6, 6.07) is 11.3. The summed E-state index contributed by atoms with van der Waals surface area (Å²) >= 11 is 1.64. The molecule has 2 N–H and O–H groups in total. The molecule has 0 radical (unpaired) electrons. The summed E-state index contributed by atoms with van der Waals surface area (Å²) in [5.74, 6) is -0.163. The molecule has 106 valence electrons. The van der Waals surface area contributed by atoms with E-state index in [1.807, 2.05) is 31.2 Å². The van der Waals surface area contributed by atoms with E-state index in [9.17, 15) is 8.78 Å². The van der Waals surface area contributed by atoms with E-state index in [1.165, 1.54) is 16.5 Å². The van der Waals surface area contributed by atoms with Crippen molar-refractivity contribution >= 4 is 11.8 Å². The van der Waals surface area contributed by atoms with E-state index in [2.05, 4.69) is 0 Å². The van der Waals surface area contributed by atoms with Crippen molar-refractivity contribution in [2.45, 2.75) is 24.3 Å². The Balaban J connectivity index is 1.94. The first-order valence-electron chi connectivity index (χ1n) is 6.44. The van der Waals surface area contributed by atoms with Gasteiger partial charge in [0.25, 0.3) is 0 Å². The highest BCUT2D eigenvalue weighted by molar-refractivity contribution is 7.99. The maximum atomic E-state index is 13.5. The fourth-order valence-corrected chi connectivity index (χ4v) is 2.94. The molecule has 1 nitrogen and oxygen atoms in total. The van der Waals surface area contributed by atoms with Gasteiger partial charge in [0.05, 0.1) is 0 Å². The standard InChI is InChI=1S/C16H17F2NS/c1-11-4-2-3-5-16(11)20-10-14(19)9-12-8-13(17)6-7-15(12)18/h2-8,14H,9-10,19H2,1H3. The average molecular weight is 293 g/mol. The van der Waals surface area contributed by atoms with E-state index < -0.39 is 11.6 Å². The number of halogens is 2. The molecule has 0 saturated carbocycles. The Kier molecular flexibility index (Phi) is 5.15. The molecule has 0 bridgehead atoms. The largest absolute Gasteiger partial charge is 0.327 e. The predicted octanol–water partition coefficient (Wildman–Crippen LogP) is 3.94. The molecule has 0 spiro atoms. The highest BCUT2D eigenvalue weighted by Crippen LogP contribution is 2.23. The Labute approximate surface area is 122 Å². The van der Waals surface area contributed by atoms with Gasteiger partial charge in [-0.3, -0.25) is 0 Å². The van der Waals surface area contributed by atoms with Gasteiger partial charge < -0.3 is 5.73 Å². The Morgan fingerprint density at radius 1 is 1.15 bits per heavy atom. The fourth-order valence-electron chi connectivity index (χ4n) is 1.96. The summed E-state index contributed by atoms with van der Waals surface area (Å²) in [7, 11) is 0. The van der Waals surface area contributed by atoms with Gasteiger partial charge >= 0.3 is 0 Å². The van der Waals surface area contributed by atoms with Gasteiger partial charge in [0.1, 0.15) is 11.6 Å². The zero-order valence-electron chi connectivity index (χ0n) is 11.3. The number of rotatable bonds is 5. The summed E-state index contributed by atoms with van der Waals surface area (Å²) in [6.45, 7) is 2.04. The van der Waals surface area contributed by atoms with Crippen LogP contribution in [-0.4, -0.2) is 11.8 Å². The van der Waals surface area contributed by atoms with Crippen molar-refractivity contribution in [1.29, 1.82) is 0 Å². The first-order chi connectivity index (χ1) is 9.56. The fraction of sp³-hybridized carbons (Fsp3) is 0.250. The first-order valence-corrected chi connectivity index (χ1v) is 7.43. The lowest BCUT2D eigenvalue weighted by Gasteiger charge is -2.13. The third-order valence-corrected chi connectivity index (χ3v) is 4.40. The van der Waals surface area contributed by atoms with E-state index in [1.54, 1.807) is 11.8 Å². The van der Waals surface area contributed by atoms with Crippen molar-refractivity contribution in [3.05, 3.63) is 65.2 Å². The number of hydrogen-bond acceptors (Lipinski definition) is 2. The molecule has 1 atom stereocenters. The minimum absolute atomic E-state index is 0.212. The molecule has 2 rings (SSSR count). The second-order valence-electron chi connectivity index (χ2n) is 4.78. The summed E-state index contributed by atoms with van der Waals surface area (Å²) < 4.78 is 26.6. The molecule has 0 amide bonds. The molecule has 0 aliphatic rings. The maximum absolute atomic E-state index is 13.5.